The molecule has 1 N–H and O–H groups in total. The molecule has 5 nitrogen and oxygen atoms in total. The number of carboxylic acids is 1. The fraction of sp³-hybridized carbons (Fsp3) is 0.125. The van der Waals surface area contributed by atoms with E-state index in [2.05, 4.69) is 5.16 Å². The molecule has 0 amide bonds. The van der Waals surface area contributed by atoms with E-state index in [1.165, 1.54) is 6.07 Å². The first-order valence-corrected chi connectivity index (χ1v) is 7.19. The molecule has 0 saturated carbocycles. The number of fused-ring (bicyclic) bond motifs is 2. The van der Waals surface area contributed by atoms with Crippen molar-refractivity contribution in [2.75, 3.05) is 0 Å². The van der Waals surface area contributed by atoms with E-state index in [4.69, 9.17) is 26.0 Å². The van der Waals surface area contributed by atoms with Crippen molar-refractivity contribution in [2.45, 2.75) is 12.5 Å². The third-order valence-corrected chi connectivity index (χ3v) is 4.15. The maximum atomic E-state index is 14.0. The van der Waals surface area contributed by atoms with Gasteiger partial charge in [-0.2, -0.15) is 0 Å². The molecule has 3 aromatic rings. The van der Waals surface area contributed by atoms with Gasteiger partial charge >= 0.3 is 5.97 Å². The second-order valence-corrected chi connectivity index (χ2v) is 5.59. The number of nitrogens with zero attached hydrogens (tertiary/aromatic N) is 1. The second kappa shape index (κ2) is 4.96. The van der Waals surface area contributed by atoms with Crippen LogP contribution in [0.25, 0.3) is 22.2 Å². The number of aromatic nitrogens is 1. The summed E-state index contributed by atoms with van der Waals surface area (Å²) in [5.74, 6) is -1.22. The maximum Gasteiger partial charge on any atom is 0.345 e. The highest BCUT2D eigenvalue weighted by atomic mass is 35.5. The predicted molar refractivity (Wildman–Crippen MR) is 80.2 cm³/mol. The summed E-state index contributed by atoms with van der Waals surface area (Å²) in [5, 5.41) is 13.7. The Kier molecular flexibility index (Phi) is 3.02. The highest BCUT2D eigenvalue weighted by Crippen LogP contribution is 2.44. The number of aliphatic carboxylic acids is 1. The Bertz CT molecular complexity index is 953. The Morgan fingerprint density at radius 1 is 1.39 bits per heavy atom. The molecule has 4 rings (SSSR count). The number of rotatable bonds is 2. The van der Waals surface area contributed by atoms with Gasteiger partial charge in [0.05, 0.1) is 5.39 Å². The first kappa shape index (κ1) is 14.0. The molecule has 0 saturated heterocycles. The van der Waals surface area contributed by atoms with Crippen molar-refractivity contribution in [1.82, 2.24) is 5.16 Å². The number of hydrogen-bond acceptors (Lipinski definition) is 4. The van der Waals surface area contributed by atoms with Crippen molar-refractivity contribution < 1.29 is 23.6 Å². The fourth-order valence-electron chi connectivity index (χ4n) is 2.72. The normalized spacial score (nSPS) is 16.3. The molecule has 116 valence electrons. The Morgan fingerprint density at radius 2 is 2.17 bits per heavy atom. The van der Waals surface area contributed by atoms with Gasteiger partial charge in [0.25, 0.3) is 0 Å². The van der Waals surface area contributed by atoms with E-state index in [9.17, 15) is 9.18 Å². The third kappa shape index (κ3) is 2.06. The lowest BCUT2D eigenvalue weighted by atomic mass is 10.0. The summed E-state index contributed by atoms with van der Waals surface area (Å²) >= 11 is 6.25. The van der Waals surface area contributed by atoms with Gasteiger partial charge in [0.15, 0.2) is 11.7 Å². The predicted octanol–water partition coefficient (Wildman–Crippen LogP) is 3.68. The van der Waals surface area contributed by atoms with E-state index in [1.54, 1.807) is 24.3 Å². The molecule has 0 radical (unpaired) electrons. The molecule has 0 fully saturated rings. The van der Waals surface area contributed by atoms with Gasteiger partial charge in [-0.1, -0.05) is 28.9 Å². The Balaban J connectivity index is 1.92. The SMILES string of the molecule is O=C(O)[C@@H]1Cc2cc3c(-c4ccccc4F)noc3c(Cl)c2O1. The van der Waals surface area contributed by atoms with Crippen molar-refractivity contribution in [2.24, 2.45) is 0 Å². The fourth-order valence-corrected chi connectivity index (χ4v) is 3.02. The van der Waals surface area contributed by atoms with Crippen LogP contribution in [0.1, 0.15) is 5.56 Å². The summed E-state index contributed by atoms with van der Waals surface area (Å²) in [6.45, 7) is 0. The molecule has 23 heavy (non-hydrogen) atoms. The lowest BCUT2D eigenvalue weighted by Crippen LogP contribution is -2.24. The summed E-state index contributed by atoms with van der Waals surface area (Å²) < 4.78 is 24.6. The zero-order chi connectivity index (χ0) is 16.1. The molecule has 2 aromatic carbocycles. The zero-order valence-corrected chi connectivity index (χ0v) is 12.3. The summed E-state index contributed by atoms with van der Waals surface area (Å²) in [5.41, 5.74) is 1.49. The van der Waals surface area contributed by atoms with Crippen LogP contribution in [0.5, 0.6) is 5.75 Å². The molecular weight excluding hydrogens is 325 g/mol. The van der Waals surface area contributed by atoms with Crippen molar-refractivity contribution in [3.8, 4) is 17.0 Å². The molecule has 0 aliphatic carbocycles. The summed E-state index contributed by atoms with van der Waals surface area (Å²) in [6, 6.07) is 7.88. The van der Waals surface area contributed by atoms with Crippen LogP contribution >= 0.6 is 11.6 Å². The number of carboxylic acid groups (broad SMARTS) is 1. The van der Waals surface area contributed by atoms with Gasteiger partial charge in [-0.3, -0.25) is 0 Å². The molecule has 2 heterocycles. The minimum Gasteiger partial charge on any atom is -0.478 e. The van der Waals surface area contributed by atoms with Crippen molar-refractivity contribution in [1.29, 1.82) is 0 Å². The van der Waals surface area contributed by atoms with Crippen molar-refractivity contribution in [3.05, 3.63) is 46.7 Å². The van der Waals surface area contributed by atoms with Gasteiger partial charge in [-0.05, 0) is 18.2 Å². The van der Waals surface area contributed by atoms with Gasteiger partial charge in [-0.25, -0.2) is 9.18 Å². The van der Waals surface area contributed by atoms with Gasteiger partial charge in [0, 0.05) is 17.5 Å². The molecule has 0 unspecified atom stereocenters. The van der Waals surface area contributed by atoms with E-state index in [-0.39, 0.29) is 28.3 Å². The molecule has 1 aliphatic rings. The smallest absolute Gasteiger partial charge is 0.345 e. The van der Waals surface area contributed by atoms with Crippen LogP contribution in [0.2, 0.25) is 5.02 Å². The van der Waals surface area contributed by atoms with Crippen molar-refractivity contribution in [3.63, 3.8) is 0 Å². The van der Waals surface area contributed by atoms with E-state index in [1.807, 2.05) is 0 Å². The molecule has 7 heteroatoms. The van der Waals surface area contributed by atoms with Crippen LogP contribution in [-0.4, -0.2) is 22.3 Å². The Morgan fingerprint density at radius 3 is 2.91 bits per heavy atom. The number of benzene rings is 2. The maximum absolute atomic E-state index is 14.0. The summed E-state index contributed by atoms with van der Waals surface area (Å²) in [4.78, 5) is 11.1. The molecule has 1 atom stereocenters. The van der Waals surface area contributed by atoms with Crippen LogP contribution in [0.15, 0.2) is 34.9 Å². The van der Waals surface area contributed by atoms with Gasteiger partial charge in [0.1, 0.15) is 22.3 Å². The topological polar surface area (TPSA) is 72.6 Å². The number of hydrogen-bond donors (Lipinski definition) is 1. The van der Waals surface area contributed by atoms with E-state index < -0.39 is 17.9 Å². The summed E-state index contributed by atoms with van der Waals surface area (Å²) in [6.07, 6.45) is -0.804. The molecule has 1 aliphatic heterocycles. The van der Waals surface area contributed by atoms with Crippen LogP contribution in [0, 0.1) is 5.82 Å². The first-order chi connectivity index (χ1) is 11.1. The Hall–Kier alpha value is -2.60. The lowest BCUT2D eigenvalue weighted by molar-refractivity contribution is -0.144. The zero-order valence-electron chi connectivity index (χ0n) is 11.5. The lowest BCUT2D eigenvalue weighted by Gasteiger charge is -2.05. The number of ether oxygens (including phenoxy) is 1. The van der Waals surface area contributed by atoms with Crippen LogP contribution in [-0.2, 0) is 11.2 Å². The molecule has 1 aromatic heterocycles. The van der Waals surface area contributed by atoms with Crippen LogP contribution in [0.4, 0.5) is 4.39 Å². The van der Waals surface area contributed by atoms with Gasteiger partial charge in [0.2, 0.25) is 0 Å². The third-order valence-electron chi connectivity index (χ3n) is 3.81. The standard InChI is InChI=1S/C16H9ClFNO4/c17-12-14-7(6-11(22-14)16(20)21)5-9-13(19-23-15(9)12)8-3-1-2-4-10(8)18/h1-5,11H,6H2,(H,20,21)/t11-/m0/s1. The van der Waals surface area contributed by atoms with Gasteiger partial charge in [-0.15, -0.1) is 0 Å². The second-order valence-electron chi connectivity index (χ2n) is 5.22. The highest BCUT2D eigenvalue weighted by molar-refractivity contribution is 6.37. The van der Waals surface area contributed by atoms with Crippen LogP contribution in [0.3, 0.4) is 0 Å². The number of halogens is 2. The molecule has 0 spiro atoms. The van der Waals surface area contributed by atoms with E-state index in [0.717, 1.165) is 0 Å². The quantitative estimate of drug-likeness (QED) is 0.774. The summed E-state index contributed by atoms with van der Waals surface area (Å²) in [7, 11) is 0. The van der Waals surface area contributed by atoms with E-state index >= 15 is 0 Å². The van der Waals surface area contributed by atoms with Gasteiger partial charge < -0.3 is 14.4 Å². The highest BCUT2D eigenvalue weighted by Gasteiger charge is 2.33. The van der Waals surface area contributed by atoms with E-state index in [0.29, 0.717) is 16.6 Å². The van der Waals surface area contributed by atoms with Crippen molar-refractivity contribution >= 4 is 28.5 Å². The molecular formula is C16H9ClFNO4. The molecule has 0 bridgehead atoms. The van der Waals surface area contributed by atoms with Crippen LogP contribution < -0.4 is 4.74 Å². The first-order valence-electron chi connectivity index (χ1n) is 6.81. The number of carbonyl (C=O) groups is 1. The average Bonchev–Trinajstić information content (AvgIpc) is 3.13. The largest absolute Gasteiger partial charge is 0.478 e. The average molecular weight is 334 g/mol. The Labute approximate surface area is 134 Å². The monoisotopic (exact) mass is 333 g/mol. The minimum atomic E-state index is -1.07. The minimum absolute atomic E-state index is 0.149.